The van der Waals surface area contributed by atoms with Crippen LogP contribution in [0.3, 0.4) is 0 Å². The summed E-state index contributed by atoms with van der Waals surface area (Å²) in [6.07, 6.45) is 0. The van der Waals surface area contributed by atoms with Gasteiger partial charge in [0, 0.05) is 17.2 Å². The van der Waals surface area contributed by atoms with Gasteiger partial charge in [-0.3, -0.25) is 4.40 Å². The minimum Gasteiger partial charge on any atom is -0.744 e. The standard InChI is InChI=1S/C18H17BrN3.C9H12O3S/c1-10-7-15-17(8-11(10)2)22-16(9-12(3)13(4)20-22)14-5-6-18(19)21(14)15;1-6-4-7(2)9(8(3)5-6)13(10,11)12/h5-9H,1-4H3;4-5H,1-3H3,(H,10,11,12)/q+1;/p-1. The highest BCUT2D eigenvalue weighted by Gasteiger charge is 2.21. The molecule has 0 spiro atoms. The first-order chi connectivity index (χ1) is 16.3. The van der Waals surface area contributed by atoms with Gasteiger partial charge in [0.2, 0.25) is 0 Å². The Labute approximate surface area is 214 Å². The van der Waals surface area contributed by atoms with E-state index in [1.807, 2.05) is 6.92 Å². The maximum Gasteiger partial charge on any atom is 0.263 e. The molecule has 0 saturated heterocycles. The molecule has 5 rings (SSSR count). The van der Waals surface area contributed by atoms with Gasteiger partial charge in [0.25, 0.3) is 11.0 Å². The molecule has 0 aliphatic heterocycles. The Morgan fingerprint density at radius 1 is 0.771 bits per heavy atom. The number of nitrogens with zero attached hydrogens (tertiary/aromatic N) is 3. The fourth-order valence-corrected chi connectivity index (χ4v) is 5.99. The van der Waals surface area contributed by atoms with Crippen LogP contribution < -0.4 is 4.52 Å². The first kappa shape index (κ1) is 25.3. The van der Waals surface area contributed by atoms with Crippen molar-refractivity contribution in [1.29, 1.82) is 0 Å². The molecule has 0 radical (unpaired) electrons. The van der Waals surface area contributed by atoms with Gasteiger partial charge in [-0.25, -0.2) is 8.42 Å². The van der Waals surface area contributed by atoms with Crippen LogP contribution in [0.2, 0.25) is 0 Å². The topological polar surface area (TPSA) is 78.6 Å². The zero-order valence-corrected chi connectivity index (χ0v) is 23.3. The van der Waals surface area contributed by atoms with Crippen molar-refractivity contribution in [2.45, 2.75) is 53.4 Å². The van der Waals surface area contributed by atoms with E-state index in [0.717, 1.165) is 26.9 Å². The van der Waals surface area contributed by atoms with E-state index in [1.165, 1.54) is 27.7 Å². The van der Waals surface area contributed by atoms with E-state index < -0.39 is 10.1 Å². The number of fused-ring (bicyclic) bond motifs is 6. The van der Waals surface area contributed by atoms with Crippen LogP contribution in [0.25, 0.3) is 22.1 Å². The van der Waals surface area contributed by atoms with E-state index in [4.69, 9.17) is 5.10 Å². The van der Waals surface area contributed by atoms with Gasteiger partial charge in [-0.05, 0) is 115 Å². The average molecular weight is 555 g/mol. The number of halogens is 1. The van der Waals surface area contributed by atoms with Crippen molar-refractivity contribution in [2.75, 3.05) is 0 Å². The molecule has 0 aliphatic carbocycles. The molecule has 3 heterocycles. The van der Waals surface area contributed by atoms with Crippen LogP contribution in [0.4, 0.5) is 0 Å². The summed E-state index contributed by atoms with van der Waals surface area (Å²) in [4.78, 5) is -0.0851. The summed E-state index contributed by atoms with van der Waals surface area (Å²) in [6, 6.07) is 14.3. The smallest absolute Gasteiger partial charge is 0.263 e. The minimum absolute atomic E-state index is 0.0851. The summed E-state index contributed by atoms with van der Waals surface area (Å²) in [7, 11) is -4.33. The van der Waals surface area contributed by atoms with Crippen molar-refractivity contribution in [3.63, 3.8) is 0 Å². The highest BCUT2D eigenvalue weighted by atomic mass is 79.9. The van der Waals surface area contributed by atoms with Crippen molar-refractivity contribution in [1.82, 2.24) is 9.50 Å². The SMILES string of the molecule is Cc1cc(C)c(S(=O)(=O)[O-])c(C)c1.Cc1cc2c(cc1C)[n+]1nc(C)c(C)cc1c1ccc(Br)n21. The molecule has 0 bridgehead atoms. The van der Waals surface area contributed by atoms with Gasteiger partial charge in [-0.1, -0.05) is 17.7 Å². The Balaban J connectivity index is 0.000000191. The molecule has 3 aromatic heterocycles. The zero-order chi connectivity index (χ0) is 25.8. The van der Waals surface area contributed by atoms with Gasteiger partial charge in [0.15, 0.2) is 0 Å². The normalized spacial score (nSPS) is 11.8. The van der Waals surface area contributed by atoms with E-state index in [-0.39, 0.29) is 4.90 Å². The second-order valence-electron chi connectivity index (χ2n) is 9.19. The fraction of sp³-hybridized carbons (Fsp3) is 0.259. The van der Waals surface area contributed by atoms with E-state index in [9.17, 15) is 13.0 Å². The molecule has 6 nitrogen and oxygen atoms in total. The third kappa shape index (κ3) is 4.58. The van der Waals surface area contributed by atoms with Crippen molar-refractivity contribution >= 4 is 48.1 Å². The third-order valence-corrected chi connectivity index (χ3v) is 8.18. The maximum absolute atomic E-state index is 10.8. The van der Waals surface area contributed by atoms with Crippen LogP contribution in [-0.2, 0) is 10.1 Å². The summed E-state index contributed by atoms with van der Waals surface area (Å²) >= 11 is 3.68. The number of aromatic nitrogens is 3. The van der Waals surface area contributed by atoms with Gasteiger partial charge in [0.1, 0.15) is 26.8 Å². The molecule has 0 amide bonds. The van der Waals surface area contributed by atoms with Gasteiger partial charge in [-0.15, -0.1) is 0 Å². The third-order valence-electron chi connectivity index (χ3n) is 6.41. The molecule has 2 aromatic carbocycles. The number of hydrogen-bond acceptors (Lipinski definition) is 4. The number of rotatable bonds is 1. The Bertz CT molecular complexity index is 1730. The number of hydrogen-bond donors (Lipinski definition) is 0. The van der Waals surface area contributed by atoms with Crippen LogP contribution in [0.15, 0.2) is 52.0 Å². The minimum atomic E-state index is -4.33. The van der Waals surface area contributed by atoms with Crippen molar-refractivity contribution < 1.29 is 17.5 Å². The molecule has 35 heavy (non-hydrogen) atoms. The Morgan fingerprint density at radius 3 is 1.91 bits per heavy atom. The first-order valence-corrected chi connectivity index (χ1v) is 13.4. The molecule has 0 saturated carbocycles. The lowest BCUT2D eigenvalue weighted by Crippen LogP contribution is -2.30. The second kappa shape index (κ2) is 9.00. The monoisotopic (exact) mass is 553 g/mol. The van der Waals surface area contributed by atoms with Gasteiger partial charge >= 0.3 is 0 Å². The van der Waals surface area contributed by atoms with Crippen LogP contribution in [0, 0.1) is 48.5 Å². The highest BCUT2D eigenvalue weighted by Crippen LogP contribution is 2.26. The lowest BCUT2D eigenvalue weighted by atomic mass is 10.1. The number of aryl methyl sites for hydroxylation is 7. The number of benzene rings is 2. The summed E-state index contributed by atoms with van der Waals surface area (Å²) in [5.41, 5.74) is 11.4. The van der Waals surface area contributed by atoms with E-state index >= 15 is 0 Å². The lowest BCUT2D eigenvalue weighted by Gasteiger charge is -2.14. The summed E-state index contributed by atoms with van der Waals surface area (Å²) in [5.74, 6) is 0. The lowest BCUT2D eigenvalue weighted by molar-refractivity contribution is -0.553. The molecule has 5 aromatic rings. The molecule has 0 fully saturated rings. The molecular weight excluding hydrogens is 526 g/mol. The van der Waals surface area contributed by atoms with Crippen molar-refractivity contribution in [3.05, 3.63) is 86.1 Å². The summed E-state index contributed by atoms with van der Waals surface area (Å²) in [6.45, 7) is 13.6. The molecule has 182 valence electrons. The van der Waals surface area contributed by atoms with Crippen molar-refractivity contribution in [2.24, 2.45) is 0 Å². The Hall–Kier alpha value is -2.81. The maximum atomic E-state index is 10.8. The average Bonchev–Trinajstić information content (AvgIpc) is 3.11. The second-order valence-corrected chi connectivity index (χ2v) is 11.3. The van der Waals surface area contributed by atoms with Crippen molar-refractivity contribution in [3.8, 4) is 0 Å². The molecular formula is C27H28BrN3O3S. The predicted octanol–water partition coefficient (Wildman–Crippen LogP) is 5.74. The predicted molar refractivity (Wildman–Crippen MR) is 141 cm³/mol. The first-order valence-electron chi connectivity index (χ1n) is 11.2. The highest BCUT2D eigenvalue weighted by molar-refractivity contribution is 9.10. The quantitative estimate of drug-likeness (QED) is 0.151. The van der Waals surface area contributed by atoms with E-state index in [2.05, 4.69) is 82.9 Å². The van der Waals surface area contributed by atoms with Gasteiger partial charge < -0.3 is 4.55 Å². The zero-order valence-electron chi connectivity index (χ0n) is 20.9. The van der Waals surface area contributed by atoms with Crippen LogP contribution in [0.5, 0.6) is 0 Å². The molecule has 8 heteroatoms. The van der Waals surface area contributed by atoms with Gasteiger partial charge in [0.05, 0.1) is 9.50 Å². The molecule has 0 unspecified atom stereocenters. The Kier molecular flexibility index (Phi) is 6.51. The van der Waals surface area contributed by atoms with Crippen LogP contribution in [0.1, 0.15) is 39.1 Å². The molecule has 0 atom stereocenters. The van der Waals surface area contributed by atoms with Gasteiger partial charge in [-0.2, -0.15) is 0 Å². The Morgan fingerprint density at radius 2 is 1.31 bits per heavy atom. The van der Waals surface area contributed by atoms with E-state index in [0.29, 0.717) is 11.1 Å². The fourth-order valence-electron chi connectivity index (χ4n) is 4.57. The summed E-state index contributed by atoms with van der Waals surface area (Å²) in [5, 5.41) is 4.82. The van der Waals surface area contributed by atoms with E-state index in [1.54, 1.807) is 26.0 Å². The van der Waals surface area contributed by atoms with Crippen LogP contribution in [-0.4, -0.2) is 22.5 Å². The summed E-state index contributed by atoms with van der Waals surface area (Å²) < 4.78 is 37.9. The largest absolute Gasteiger partial charge is 0.744 e. The molecule has 0 aliphatic rings. The van der Waals surface area contributed by atoms with Crippen LogP contribution >= 0.6 is 15.9 Å². The molecule has 0 N–H and O–H groups in total.